The molecule has 0 bridgehead atoms. The molecule has 0 saturated carbocycles. The minimum absolute atomic E-state index is 0.136. The van der Waals surface area contributed by atoms with E-state index >= 15 is 0 Å². The maximum atomic E-state index is 13.1. The Labute approximate surface area is 222 Å². The van der Waals surface area contributed by atoms with Crippen molar-refractivity contribution in [2.45, 2.75) is 13.8 Å². The molecule has 1 saturated heterocycles. The van der Waals surface area contributed by atoms with Crippen molar-refractivity contribution in [1.29, 1.82) is 0 Å². The van der Waals surface area contributed by atoms with Crippen molar-refractivity contribution in [2.75, 3.05) is 18.5 Å². The monoisotopic (exact) mass is 534 g/mol. The predicted molar refractivity (Wildman–Crippen MR) is 141 cm³/mol. The number of carbonyl (C=O) groups is 4. The highest BCUT2D eigenvalue weighted by Gasteiger charge is 2.36. The van der Waals surface area contributed by atoms with Gasteiger partial charge in [0.05, 0.1) is 17.1 Å². The van der Waals surface area contributed by atoms with Crippen molar-refractivity contribution in [3.8, 4) is 11.5 Å². The Kier molecular flexibility index (Phi) is 8.22. The van der Waals surface area contributed by atoms with E-state index in [9.17, 15) is 23.6 Å². The number of thioether (sulfide) groups is 1. The van der Waals surface area contributed by atoms with Crippen LogP contribution in [0.5, 0.6) is 11.5 Å². The van der Waals surface area contributed by atoms with Gasteiger partial charge in [-0.15, -0.1) is 0 Å². The fraction of sp³-hybridized carbons (Fsp3) is 0.143. The van der Waals surface area contributed by atoms with Gasteiger partial charge in [-0.3, -0.25) is 19.3 Å². The van der Waals surface area contributed by atoms with Crippen LogP contribution >= 0.6 is 11.8 Å². The molecule has 3 aromatic rings. The van der Waals surface area contributed by atoms with Crippen LogP contribution in [-0.2, 0) is 9.59 Å². The van der Waals surface area contributed by atoms with Crippen molar-refractivity contribution >= 4 is 46.5 Å². The molecule has 1 N–H and O–H groups in total. The number of nitrogens with one attached hydrogen (secondary N) is 1. The second kappa shape index (κ2) is 11.7. The van der Waals surface area contributed by atoms with E-state index in [1.165, 1.54) is 24.3 Å². The second-order valence-corrected chi connectivity index (χ2v) is 9.21. The fourth-order valence-corrected chi connectivity index (χ4v) is 4.32. The molecule has 0 spiro atoms. The van der Waals surface area contributed by atoms with E-state index < -0.39 is 35.4 Å². The molecule has 1 aliphatic rings. The average molecular weight is 535 g/mol. The first-order valence-electron chi connectivity index (χ1n) is 11.6. The van der Waals surface area contributed by atoms with Gasteiger partial charge in [0.1, 0.15) is 12.4 Å². The maximum absolute atomic E-state index is 13.1. The van der Waals surface area contributed by atoms with E-state index in [0.29, 0.717) is 11.3 Å². The van der Waals surface area contributed by atoms with Crippen molar-refractivity contribution < 1.29 is 33.0 Å². The molecule has 3 amide bonds. The Morgan fingerprint density at radius 3 is 2.39 bits per heavy atom. The summed E-state index contributed by atoms with van der Waals surface area (Å²) in [5.41, 5.74) is 2.28. The number of aryl methyl sites for hydroxylation is 1. The number of benzene rings is 3. The Bertz CT molecular complexity index is 1420. The number of hydrogen-bond donors (Lipinski definition) is 1. The topological polar surface area (TPSA) is 102 Å². The van der Waals surface area contributed by atoms with Crippen LogP contribution in [0.4, 0.5) is 14.9 Å². The highest BCUT2D eigenvalue weighted by molar-refractivity contribution is 8.18. The predicted octanol–water partition coefficient (Wildman–Crippen LogP) is 5.43. The van der Waals surface area contributed by atoms with Crippen LogP contribution in [0.15, 0.2) is 71.6 Å². The number of hydrogen-bond acceptors (Lipinski definition) is 7. The van der Waals surface area contributed by atoms with Gasteiger partial charge in [-0.2, -0.15) is 0 Å². The molecule has 1 heterocycles. The third-order valence-electron chi connectivity index (χ3n) is 5.36. The fourth-order valence-electron chi connectivity index (χ4n) is 3.48. The molecular formula is C28H23FN2O6S. The molecule has 10 heteroatoms. The van der Waals surface area contributed by atoms with Crippen molar-refractivity contribution in [1.82, 2.24) is 4.90 Å². The Hall–Kier alpha value is -4.44. The van der Waals surface area contributed by atoms with E-state index in [1.54, 1.807) is 31.2 Å². The standard InChI is InChI=1S/C28H23FN2O6S/c1-3-36-23-14-18(6-13-22(23)37-27(34)19-7-9-20(29)10-8-19)15-24-26(33)31(28(35)38-24)16-25(32)30-21-11-4-17(2)5-12-21/h4-15H,3,16H2,1-2H3,(H,30,32)/b24-15-. The van der Waals surface area contributed by atoms with Crippen LogP contribution < -0.4 is 14.8 Å². The van der Waals surface area contributed by atoms with Gasteiger partial charge in [0.2, 0.25) is 5.91 Å². The summed E-state index contributed by atoms with van der Waals surface area (Å²) >= 11 is 0.721. The minimum atomic E-state index is -0.691. The first-order chi connectivity index (χ1) is 18.2. The number of rotatable bonds is 8. The van der Waals surface area contributed by atoms with E-state index in [2.05, 4.69) is 5.32 Å². The maximum Gasteiger partial charge on any atom is 0.343 e. The number of amides is 3. The zero-order valence-electron chi connectivity index (χ0n) is 20.5. The zero-order chi connectivity index (χ0) is 27.2. The highest BCUT2D eigenvalue weighted by Crippen LogP contribution is 2.35. The minimum Gasteiger partial charge on any atom is -0.490 e. The molecule has 194 valence electrons. The lowest BCUT2D eigenvalue weighted by Gasteiger charge is -2.13. The van der Waals surface area contributed by atoms with Crippen LogP contribution in [0.25, 0.3) is 6.08 Å². The number of imide groups is 1. The lowest BCUT2D eigenvalue weighted by atomic mass is 10.1. The lowest BCUT2D eigenvalue weighted by molar-refractivity contribution is -0.127. The summed E-state index contributed by atoms with van der Waals surface area (Å²) in [6.45, 7) is 3.53. The molecule has 0 aliphatic carbocycles. The molecule has 0 unspecified atom stereocenters. The number of carbonyl (C=O) groups excluding carboxylic acids is 4. The lowest BCUT2D eigenvalue weighted by Crippen LogP contribution is -2.36. The largest absolute Gasteiger partial charge is 0.490 e. The van der Waals surface area contributed by atoms with Gasteiger partial charge in [0.15, 0.2) is 11.5 Å². The van der Waals surface area contributed by atoms with Crippen LogP contribution in [0, 0.1) is 12.7 Å². The quantitative estimate of drug-likeness (QED) is 0.234. The van der Waals surface area contributed by atoms with Crippen molar-refractivity contribution in [3.05, 3.63) is 94.1 Å². The smallest absolute Gasteiger partial charge is 0.343 e. The van der Waals surface area contributed by atoms with Crippen LogP contribution in [0.1, 0.15) is 28.4 Å². The van der Waals surface area contributed by atoms with Gasteiger partial charge in [-0.1, -0.05) is 23.8 Å². The molecule has 0 radical (unpaired) electrons. The number of esters is 1. The molecule has 0 atom stereocenters. The summed E-state index contributed by atoms with van der Waals surface area (Å²) < 4.78 is 24.2. The zero-order valence-corrected chi connectivity index (χ0v) is 21.3. The summed E-state index contributed by atoms with van der Waals surface area (Å²) in [7, 11) is 0. The van der Waals surface area contributed by atoms with E-state index in [-0.39, 0.29) is 28.6 Å². The van der Waals surface area contributed by atoms with Gasteiger partial charge in [-0.25, -0.2) is 9.18 Å². The number of nitrogens with zero attached hydrogens (tertiary/aromatic N) is 1. The van der Waals surface area contributed by atoms with Gasteiger partial charge in [-0.05, 0) is 85.8 Å². The average Bonchev–Trinajstić information content (AvgIpc) is 3.14. The molecule has 8 nitrogen and oxygen atoms in total. The molecule has 4 rings (SSSR count). The summed E-state index contributed by atoms with van der Waals surface area (Å²) in [5, 5.41) is 2.11. The van der Waals surface area contributed by atoms with E-state index in [0.717, 1.165) is 34.4 Å². The number of ether oxygens (including phenoxy) is 2. The van der Waals surface area contributed by atoms with Gasteiger partial charge >= 0.3 is 5.97 Å². The van der Waals surface area contributed by atoms with Crippen molar-refractivity contribution in [2.24, 2.45) is 0 Å². The third-order valence-corrected chi connectivity index (χ3v) is 6.27. The Morgan fingerprint density at radius 2 is 1.71 bits per heavy atom. The molecule has 38 heavy (non-hydrogen) atoms. The highest BCUT2D eigenvalue weighted by atomic mass is 32.2. The second-order valence-electron chi connectivity index (χ2n) is 8.22. The van der Waals surface area contributed by atoms with E-state index in [1.807, 2.05) is 19.1 Å². The Morgan fingerprint density at radius 1 is 1.00 bits per heavy atom. The normalized spacial score (nSPS) is 14.1. The summed E-state index contributed by atoms with van der Waals surface area (Å²) in [5.74, 6) is -1.87. The molecule has 3 aromatic carbocycles. The van der Waals surface area contributed by atoms with Crippen molar-refractivity contribution in [3.63, 3.8) is 0 Å². The molecule has 1 aliphatic heterocycles. The van der Waals surface area contributed by atoms with Crippen LogP contribution in [0.3, 0.4) is 0 Å². The molecule has 0 aromatic heterocycles. The van der Waals surface area contributed by atoms with Gasteiger partial charge in [0, 0.05) is 5.69 Å². The van der Waals surface area contributed by atoms with Gasteiger partial charge < -0.3 is 14.8 Å². The number of anilines is 1. The van der Waals surface area contributed by atoms with Crippen LogP contribution in [-0.4, -0.2) is 41.1 Å². The van der Waals surface area contributed by atoms with Crippen LogP contribution in [0.2, 0.25) is 0 Å². The van der Waals surface area contributed by atoms with E-state index in [4.69, 9.17) is 9.47 Å². The first-order valence-corrected chi connectivity index (χ1v) is 12.4. The summed E-state index contributed by atoms with van der Waals surface area (Å²) in [6, 6.07) is 16.7. The number of halogens is 1. The first kappa shape index (κ1) is 26.6. The Balaban J connectivity index is 1.47. The third kappa shape index (κ3) is 6.46. The van der Waals surface area contributed by atoms with Gasteiger partial charge in [0.25, 0.3) is 11.1 Å². The SMILES string of the molecule is CCOc1cc(/C=C2\SC(=O)N(CC(=O)Nc3ccc(C)cc3)C2=O)ccc1OC(=O)c1ccc(F)cc1. The summed E-state index contributed by atoms with van der Waals surface area (Å²) in [4.78, 5) is 51.2. The summed E-state index contributed by atoms with van der Waals surface area (Å²) in [6.07, 6.45) is 1.50. The molecular weight excluding hydrogens is 511 g/mol. The molecule has 1 fully saturated rings.